The van der Waals surface area contributed by atoms with Gasteiger partial charge in [-0.05, 0) is 0 Å². The van der Waals surface area contributed by atoms with Crippen LogP contribution in [0.15, 0.2) is 0 Å². The summed E-state index contributed by atoms with van der Waals surface area (Å²) < 4.78 is 0. The molecule has 0 bridgehead atoms. The summed E-state index contributed by atoms with van der Waals surface area (Å²) in [5.41, 5.74) is 0. The van der Waals surface area contributed by atoms with E-state index in [0.29, 0.717) is 0 Å². The zero-order chi connectivity index (χ0) is 3.58. The maximum Gasteiger partial charge on any atom is 0.0689 e. The fourth-order valence-electron chi connectivity index (χ4n) is 0. The van der Waals surface area contributed by atoms with E-state index in [4.69, 9.17) is 15.3 Å². The molecule has 0 radical (unpaired) electrons. The zero-order valence-corrected chi connectivity index (χ0v) is 5.29. The molecule has 0 amide bonds. The predicted molar refractivity (Wildman–Crippen MR) is 16.3 cm³/mol. The van der Waals surface area contributed by atoms with Gasteiger partial charge in [0.25, 0.3) is 0 Å². The van der Waals surface area contributed by atoms with Crippen LogP contribution in [0.5, 0.6) is 0 Å². The molecule has 0 saturated carbocycles. The normalized spacial score (nSPS) is 4.00. The molecule has 0 rings (SSSR count). The van der Waals surface area contributed by atoms with Crippen molar-refractivity contribution in [1.29, 1.82) is 0 Å². The number of nitrogens with zero attached hydrogens (tertiary/aromatic N) is 1. The Bertz CT molecular complexity index is 31.8. The van der Waals surface area contributed by atoms with Crippen LogP contribution in [0.3, 0.4) is 0 Å². The van der Waals surface area contributed by atoms with Crippen LogP contribution < -0.4 is 6.15 Å². The molecule has 0 heterocycles. The Morgan fingerprint density at radius 2 is 1.33 bits per heavy atom. The molecule has 0 aliphatic heterocycles. The monoisotopic (exact) mass is 238 g/mol. The van der Waals surface area contributed by atoms with E-state index in [-0.39, 0.29) is 46.1 Å². The van der Waals surface area contributed by atoms with Gasteiger partial charge in [0.2, 0.25) is 0 Å². The molecule has 6 heteroatoms. The van der Waals surface area contributed by atoms with Crippen LogP contribution >= 0.6 is 0 Å². The van der Waals surface area contributed by atoms with E-state index in [1.807, 2.05) is 0 Å². The molecule has 0 aromatic rings. The Hall–Kier alpha value is 0.485. The molecule has 0 atom stereocenters. The average Bonchev–Trinajstić information content (AvgIpc) is 0.811. The van der Waals surface area contributed by atoms with E-state index in [1.54, 1.807) is 0 Å². The van der Waals surface area contributed by atoms with Crippen LogP contribution in [0, 0.1) is 55.3 Å². The quantitative estimate of drug-likeness (QED) is 0.478. The summed E-state index contributed by atoms with van der Waals surface area (Å²) in [6, 6.07) is 0. The first-order valence-corrected chi connectivity index (χ1v) is 0.548. The van der Waals surface area contributed by atoms with Crippen LogP contribution in [0.2, 0.25) is 0 Å². The maximum absolute atomic E-state index is 8.25. The van der Waals surface area contributed by atoms with Crippen molar-refractivity contribution in [2.45, 2.75) is 0 Å². The van der Waals surface area contributed by atoms with Gasteiger partial charge in [0.15, 0.2) is 0 Å². The van der Waals surface area contributed by atoms with Crippen molar-refractivity contribution in [3.05, 3.63) is 15.3 Å². The smallest absolute Gasteiger partial charge is 0.0689 e. The van der Waals surface area contributed by atoms with Gasteiger partial charge < -0.3 is 21.5 Å². The van der Waals surface area contributed by atoms with Gasteiger partial charge in [-0.2, -0.15) is 0 Å². The number of rotatable bonds is 0. The van der Waals surface area contributed by atoms with Crippen molar-refractivity contribution in [3.8, 4) is 0 Å². The maximum atomic E-state index is 8.25. The van der Waals surface area contributed by atoms with E-state index in [0.717, 1.165) is 0 Å². The SMILES string of the molecule is O=[N+]([O-])[O-].[Gd].[NH4+]. The Morgan fingerprint density at radius 3 is 1.33 bits per heavy atom. The molecule has 0 unspecified atom stereocenters. The summed E-state index contributed by atoms with van der Waals surface area (Å²) in [5, 5.41) is 14.8. The topological polar surface area (TPSA) is 103 Å². The number of hydrogen-bond acceptors (Lipinski definition) is 3. The van der Waals surface area contributed by atoms with Gasteiger partial charge in [-0.1, -0.05) is 0 Å². The molecule has 0 fully saturated rings. The van der Waals surface area contributed by atoms with Crippen LogP contribution in [-0.2, 0) is 0 Å². The minimum Gasteiger partial charge on any atom is -0.369 e. The van der Waals surface area contributed by atoms with E-state index in [2.05, 4.69) is 0 Å². The first-order valence-electron chi connectivity index (χ1n) is 0.548. The fourth-order valence-corrected chi connectivity index (χ4v) is 0. The summed E-state index contributed by atoms with van der Waals surface area (Å²) in [6.07, 6.45) is 0. The molecule has 0 spiro atoms. The Kier molecular flexibility index (Phi) is 24.3. The van der Waals surface area contributed by atoms with Crippen molar-refractivity contribution in [3.63, 3.8) is 0 Å². The second-order valence-electron chi connectivity index (χ2n) is 0.224. The predicted octanol–water partition coefficient (Wildman–Crippen LogP) is 0.137. The van der Waals surface area contributed by atoms with Crippen LogP contribution in [0.25, 0.3) is 0 Å². The van der Waals surface area contributed by atoms with E-state index < -0.39 is 5.09 Å². The first-order chi connectivity index (χ1) is 1.73. The molecular formula is H4GdN2O3. The van der Waals surface area contributed by atoms with E-state index >= 15 is 0 Å². The minimum atomic E-state index is -1.75. The Balaban J connectivity index is -0.0000000450. The average molecular weight is 237 g/mol. The molecular weight excluding hydrogens is 233 g/mol. The van der Waals surface area contributed by atoms with Crippen molar-refractivity contribution in [2.24, 2.45) is 0 Å². The Morgan fingerprint density at radius 1 is 1.33 bits per heavy atom. The molecule has 40 valence electrons. The summed E-state index contributed by atoms with van der Waals surface area (Å²) in [7, 11) is 0. The van der Waals surface area contributed by atoms with Crippen molar-refractivity contribution < 1.29 is 45.0 Å². The zero-order valence-electron chi connectivity index (χ0n) is 3.03. The van der Waals surface area contributed by atoms with E-state index in [9.17, 15) is 0 Å². The third-order valence-corrected chi connectivity index (χ3v) is 0. The second kappa shape index (κ2) is 9.08. The van der Waals surface area contributed by atoms with Gasteiger partial charge in [0, 0.05) is 39.9 Å². The van der Waals surface area contributed by atoms with Crippen LogP contribution in [-0.4, -0.2) is 5.09 Å². The standard InChI is InChI=1S/Gd.NO3.H3N/c;2-1(3)4;/h;;1H3/q;-1;/p+1. The van der Waals surface area contributed by atoms with Crippen molar-refractivity contribution >= 4 is 0 Å². The van der Waals surface area contributed by atoms with Gasteiger partial charge in [-0.25, -0.2) is 0 Å². The summed E-state index contributed by atoms with van der Waals surface area (Å²) in [4.78, 5) is 8.25. The molecule has 0 aromatic heterocycles. The number of hydrogen-bond donors (Lipinski definition) is 1. The van der Waals surface area contributed by atoms with Crippen molar-refractivity contribution in [1.82, 2.24) is 6.15 Å². The Labute approximate surface area is 66.1 Å². The largest absolute Gasteiger partial charge is 0.369 e. The second-order valence-corrected chi connectivity index (χ2v) is 0.224. The first kappa shape index (κ1) is 16.1. The van der Waals surface area contributed by atoms with Crippen LogP contribution in [0.4, 0.5) is 0 Å². The molecule has 4 N–H and O–H groups in total. The molecule has 0 aromatic carbocycles. The molecule has 5 nitrogen and oxygen atoms in total. The van der Waals surface area contributed by atoms with E-state index in [1.165, 1.54) is 0 Å². The van der Waals surface area contributed by atoms with Crippen LogP contribution in [0.1, 0.15) is 0 Å². The summed E-state index contributed by atoms with van der Waals surface area (Å²) >= 11 is 0. The van der Waals surface area contributed by atoms with Crippen molar-refractivity contribution in [2.75, 3.05) is 0 Å². The minimum absolute atomic E-state index is 0. The van der Waals surface area contributed by atoms with Gasteiger partial charge in [-0.3, -0.25) is 0 Å². The molecule has 6 heavy (non-hydrogen) atoms. The molecule has 0 aliphatic rings. The summed E-state index contributed by atoms with van der Waals surface area (Å²) in [5.74, 6) is 0. The molecule has 0 saturated heterocycles. The third kappa shape index (κ3) is 232. The third-order valence-electron chi connectivity index (χ3n) is 0. The van der Waals surface area contributed by atoms with Gasteiger partial charge in [0.05, 0.1) is 5.09 Å². The van der Waals surface area contributed by atoms with Gasteiger partial charge >= 0.3 is 0 Å². The summed E-state index contributed by atoms with van der Waals surface area (Å²) in [6.45, 7) is 0. The van der Waals surface area contributed by atoms with Gasteiger partial charge in [-0.15, -0.1) is 0 Å². The number of quaternary nitrogens is 1. The molecule has 0 aliphatic carbocycles. The van der Waals surface area contributed by atoms with Gasteiger partial charge in [0.1, 0.15) is 0 Å². The fraction of sp³-hybridized carbons (Fsp3) is 0.